The van der Waals surface area contributed by atoms with Gasteiger partial charge in [0.25, 0.3) is 0 Å². The minimum absolute atomic E-state index is 0.0728. The van der Waals surface area contributed by atoms with Gasteiger partial charge in [0.2, 0.25) is 0 Å². The molecule has 0 radical (unpaired) electrons. The third kappa shape index (κ3) is 9.80. The molecule has 0 saturated heterocycles. The zero-order chi connectivity index (χ0) is 11.2. The van der Waals surface area contributed by atoms with E-state index in [1.54, 1.807) is 0 Å². The van der Waals surface area contributed by atoms with Gasteiger partial charge in [-0.05, 0) is 26.7 Å². The molecule has 0 aliphatic heterocycles. The molecule has 0 aromatic rings. The van der Waals surface area contributed by atoms with Crippen LogP contribution in [0, 0.1) is 0 Å². The van der Waals surface area contributed by atoms with Crippen LogP contribution in [0.25, 0.3) is 0 Å². The summed E-state index contributed by atoms with van der Waals surface area (Å²) in [7, 11) is 0. The summed E-state index contributed by atoms with van der Waals surface area (Å²) in [5.41, 5.74) is 5.56. The van der Waals surface area contributed by atoms with Gasteiger partial charge < -0.3 is 10.5 Å². The average molecular weight is 213 g/mol. The second-order valence-electron chi connectivity index (χ2n) is 3.65. The lowest BCUT2D eigenvalue weighted by Crippen LogP contribution is -2.28. The Kier molecular flexibility index (Phi) is 6.11. The van der Waals surface area contributed by atoms with Gasteiger partial charge >= 0.3 is 6.18 Å². The Bertz CT molecular complexity index is 147. The fourth-order valence-electron chi connectivity index (χ4n) is 0.964. The fraction of sp³-hybridized carbons (Fsp3) is 1.00. The standard InChI is InChI=1S/C9H18F3NO/c1-7(2)14-6-8(13)4-3-5-9(10,11)12/h7-8H,3-6,13H2,1-2H3. The number of nitrogens with two attached hydrogens (primary N) is 1. The molecule has 0 rings (SSSR count). The van der Waals surface area contributed by atoms with E-state index in [1.165, 1.54) is 0 Å². The summed E-state index contributed by atoms with van der Waals surface area (Å²) in [4.78, 5) is 0. The monoisotopic (exact) mass is 213 g/mol. The van der Waals surface area contributed by atoms with Crippen LogP contribution in [0.5, 0.6) is 0 Å². The third-order valence-corrected chi connectivity index (χ3v) is 1.68. The Morgan fingerprint density at radius 2 is 1.86 bits per heavy atom. The smallest absolute Gasteiger partial charge is 0.377 e. The van der Waals surface area contributed by atoms with Crippen LogP contribution in [-0.4, -0.2) is 24.9 Å². The first-order valence-electron chi connectivity index (χ1n) is 4.75. The van der Waals surface area contributed by atoms with E-state index in [2.05, 4.69) is 0 Å². The zero-order valence-electron chi connectivity index (χ0n) is 8.60. The lowest BCUT2D eigenvalue weighted by molar-refractivity contribution is -0.136. The van der Waals surface area contributed by atoms with Gasteiger partial charge in [0, 0.05) is 12.5 Å². The molecule has 5 heteroatoms. The summed E-state index contributed by atoms with van der Waals surface area (Å²) >= 11 is 0. The van der Waals surface area contributed by atoms with Crippen molar-refractivity contribution in [3.05, 3.63) is 0 Å². The number of alkyl halides is 3. The van der Waals surface area contributed by atoms with E-state index in [-0.39, 0.29) is 18.6 Å². The van der Waals surface area contributed by atoms with Crippen molar-refractivity contribution in [1.82, 2.24) is 0 Å². The summed E-state index contributed by atoms with van der Waals surface area (Å²) in [6.07, 6.45) is -4.33. The number of ether oxygens (including phenoxy) is 1. The lowest BCUT2D eigenvalue weighted by Gasteiger charge is -2.14. The van der Waals surface area contributed by atoms with Crippen molar-refractivity contribution in [3.63, 3.8) is 0 Å². The summed E-state index contributed by atoms with van der Waals surface area (Å²) in [6, 6.07) is -0.292. The Labute approximate surface area is 82.6 Å². The summed E-state index contributed by atoms with van der Waals surface area (Å²) in [5.74, 6) is 0. The average Bonchev–Trinajstić information content (AvgIpc) is 1.98. The Morgan fingerprint density at radius 1 is 1.29 bits per heavy atom. The van der Waals surface area contributed by atoms with Crippen LogP contribution >= 0.6 is 0 Å². The van der Waals surface area contributed by atoms with Crippen LogP contribution in [0.15, 0.2) is 0 Å². The third-order valence-electron chi connectivity index (χ3n) is 1.68. The van der Waals surface area contributed by atoms with Gasteiger partial charge in [0.1, 0.15) is 0 Å². The molecule has 86 valence electrons. The predicted octanol–water partition coefficient (Wildman–Crippen LogP) is 2.47. The number of halogens is 3. The van der Waals surface area contributed by atoms with Gasteiger partial charge in [0.05, 0.1) is 12.7 Å². The highest BCUT2D eigenvalue weighted by molar-refractivity contribution is 4.62. The Balaban J connectivity index is 3.40. The van der Waals surface area contributed by atoms with Crippen molar-refractivity contribution in [3.8, 4) is 0 Å². The number of hydrogen-bond donors (Lipinski definition) is 1. The molecule has 0 aromatic heterocycles. The van der Waals surface area contributed by atoms with Crippen LogP contribution in [0.3, 0.4) is 0 Å². The van der Waals surface area contributed by atoms with Crippen LogP contribution in [-0.2, 0) is 4.74 Å². The number of hydrogen-bond acceptors (Lipinski definition) is 2. The molecule has 0 amide bonds. The van der Waals surface area contributed by atoms with Crippen molar-refractivity contribution >= 4 is 0 Å². The lowest BCUT2D eigenvalue weighted by atomic mass is 10.1. The van der Waals surface area contributed by atoms with Crippen molar-refractivity contribution in [2.24, 2.45) is 5.73 Å². The molecule has 2 nitrogen and oxygen atoms in total. The van der Waals surface area contributed by atoms with Crippen molar-refractivity contribution in [2.75, 3.05) is 6.61 Å². The normalized spacial score (nSPS) is 14.8. The van der Waals surface area contributed by atoms with Crippen molar-refractivity contribution < 1.29 is 17.9 Å². The topological polar surface area (TPSA) is 35.2 Å². The molecular formula is C9H18F3NO. The largest absolute Gasteiger partial charge is 0.389 e. The molecule has 1 unspecified atom stereocenters. The zero-order valence-corrected chi connectivity index (χ0v) is 8.60. The fourth-order valence-corrected chi connectivity index (χ4v) is 0.964. The molecule has 2 N–H and O–H groups in total. The maximum Gasteiger partial charge on any atom is 0.389 e. The molecule has 0 saturated carbocycles. The molecule has 1 atom stereocenters. The molecule has 0 fully saturated rings. The second kappa shape index (κ2) is 6.24. The number of rotatable bonds is 6. The van der Waals surface area contributed by atoms with Gasteiger partial charge in [-0.1, -0.05) is 0 Å². The van der Waals surface area contributed by atoms with Gasteiger partial charge in [-0.25, -0.2) is 0 Å². The molecule has 0 aromatic carbocycles. The highest BCUT2D eigenvalue weighted by Crippen LogP contribution is 2.22. The highest BCUT2D eigenvalue weighted by Gasteiger charge is 2.26. The minimum atomic E-state index is -4.07. The van der Waals surface area contributed by atoms with E-state index in [0.29, 0.717) is 13.0 Å². The Morgan fingerprint density at radius 3 is 2.29 bits per heavy atom. The van der Waals surface area contributed by atoms with Gasteiger partial charge in [-0.2, -0.15) is 13.2 Å². The Hall–Kier alpha value is -0.290. The van der Waals surface area contributed by atoms with Crippen molar-refractivity contribution in [1.29, 1.82) is 0 Å². The molecule has 0 aliphatic carbocycles. The quantitative estimate of drug-likeness (QED) is 0.735. The second-order valence-corrected chi connectivity index (χ2v) is 3.65. The molecule has 0 spiro atoms. The van der Waals surface area contributed by atoms with Crippen LogP contribution in [0.4, 0.5) is 13.2 Å². The predicted molar refractivity (Wildman–Crippen MR) is 49.0 cm³/mol. The van der Waals surface area contributed by atoms with Crippen LogP contribution < -0.4 is 5.73 Å². The summed E-state index contributed by atoms with van der Waals surface area (Å²) in [5, 5.41) is 0. The van der Waals surface area contributed by atoms with E-state index in [0.717, 1.165) is 0 Å². The molecule has 14 heavy (non-hydrogen) atoms. The summed E-state index contributed by atoms with van der Waals surface area (Å²) in [6.45, 7) is 4.06. The van der Waals surface area contributed by atoms with Crippen molar-refractivity contribution in [2.45, 2.75) is 51.4 Å². The van der Waals surface area contributed by atoms with Gasteiger partial charge in [-0.15, -0.1) is 0 Å². The molecule has 0 aliphatic rings. The van der Waals surface area contributed by atoms with E-state index in [1.807, 2.05) is 13.8 Å². The van der Waals surface area contributed by atoms with Crippen LogP contribution in [0.1, 0.15) is 33.1 Å². The molecule has 0 bridgehead atoms. The van der Waals surface area contributed by atoms with E-state index < -0.39 is 12.6 Å². The first kappa shape index (κ1) is 13.7. The van der Waals surface area contributed by atoms with Gasteiger partial charge in [0.15, 0.2) is 0 Å². The molecular weight excluding hydrogens is 195 g/mol. The van der Waals surface area contributed by atoms with Gasteiger partial charge in [-0.3, -0.25) is 0 Å². The first-order valence-corrected chi connectivity index (χ1v) is 4.75. The molecule has 0 heterocycles. The highest BCUT2D eigenvalue weighted by atomic mass is 19.4. The first-order chi connectivity index (χ1) is 6.31. The van der Waals surface area contributed by atoms with E-state index in [9.17, 15) is 13.2 Å². The van der Waals surface area contributed by atoms with E-state index >= 15 is 0 Å². The summed E-state index contributed by atoms with van der Waals surface area (Å²) < 4.78 is 40.4. The van der Waals surface area contributed by atoms with E-state index in [4.69, 9.17) is 10.5 Å². The SMILES string of the molecule is CC(C)OCC(N)CCCC(F)(F)F. The maximum absolute atomic E-state index is 11.7. The minimum Gasteiger partial charge on any atom is -0.377 e. The maximum atomic E-state index is 11.7. The van der Waals surface area contributed by atoms with Crippen LogP contribution in [0.2, 0.25) is 0 Å².